The van der Waals surface area contributed by atoms with Crippen molar-refractivity contribution in [3.8, 4) is 23.0 Å². The second-order valence-electron chi connectivity index (χ2n) is 5.93. The van der Waals surface area contributed by atoms with Crippen LogP contribution in [0.4, 0.5) is 0 Å². The summed E-state index contributed by atoms with van der Waals surface area (Å²) in [5.41, 5.74) is 4.94. The van der Waals surface area contributed by atoms with Gasteiger partial charge in [0.1, 0.15) is 10.6 Å². The molecular formula is C20H19ClN2O6S. The maximum atomic E-state index is 12.6. The molecule has 3 rings (SSSR count). The Hall–Kier alpha value is -3.17. The molecule has 3 aromatic rings. The molecule has 2 N–H and O–H groups in total. The summed E-state index contributed by atoms with van der Waals surface area (Å²) in [6, 6.07) is 8.27. The van der Waals surface area contributed by atoms with Gasteiger partial charge in [-0.15, -0.1) is 11.3 Å². The summed E-state index contributed by atoms with van der Waals surface area (Å²) in [6.07, 6.45) is 0. The van der Waals surface area contributed by atoms with Gasteiger partial charge in [-0.05, 0) is 30.3 Å². The number of ether oxygens (including phenoxy) is 4. The zero-order chi connectivity index (χ0) is 21.8. The third-order valence-electron chi connectivity index (χ3n) is 4.26. The molecule has 0 saturated carbocycles. The van der Waals surface area contributed by atoms with Gasteiger partial charge in [0.05, 0.1) is 33.5 Å². The van der Waals surface area contributed by atoms with Crippen LogP contribution in [0.2, 0.25) is 5.02 Å². The highest BCUT2D eigenvalue weighted by atomic mass is 35.5. The molecule has 0 bridgehead atoms. The molecule has 2 aromatic carbocycles. The number of hydrazine groups is 1. The summed E-state index contributed by atoms with van der Waals surface area (Å²) < 4.78 is 21.7. The van der Waals surface area contributed by atoms with Crippen molar-refractivity contribution in [1.82, 2.24) is 10.9 Å². The lowest BCUT2D eigenvalue weighted by molar-refractivity contribution is 0.0848. The lowest BCUT2D eigenvalue weighted by Crippen LogP contribution is -2.41. The number of thiophene rings is 1. The van der Waals surface area contributed by atoms with Crippen molar-refractivity contribution in [3.05, 3.63) is 45.8 Å². The van der Waals surface area contributed by atoms with Gasteiger partial charge in [0.15, 0.2) is 11.5 Å². The maximum absolute atomic E-state index is 12.6. The second kappa shape index (κ2) is 9.10. The Morgan fingerprint density at radius 3 is 2.07 bits per heavy atom. The molecule has 1 aromatic heterocycles. The summed E-state index contributed by atoms with van der Waals surface area (Å²) in [5.74, 6) is 0.531. The van der Waals surface area contributed by atoms with Crippen LogP contribution in [0.25, 0.3) is 10.1 Å². The second-order valence-corrected chi connectivity index (χ2v) is 7.36. The number of amides is 2. The number of benzene rings is 2. The van der Waals surface area contributed by atoms with Crippen LogP contribution in [0, 0.1) is 0 Å². The van der Waals surface area contributed by atoms with E-state index in [2.05, 4.69) is 10.9 Å². The number of carbonyl (C=O) groups is 2. The molecule has 0 aliphatic rings. The molecule has 30 heavy (non-hydrogen) atoms. The molecule has 8 nitrogen and oxygen atoms in total. The van der Waals surface area contributed by atoms with E-state index in [1.165, 1.54) is 44.8 Å². The van der Waals surface area contributed by atoms with Crippen molar-refractivity contribution in [1.29, 1.82) is 0 Å². The normalized spacial score (nSPS) is 10.4. The Morgan fingerprint density at radius 1 is 0.867 bits per heavy atom. The Balaban J connectivity index is 1.79. The number of methoxy groups -OCH3 is 4. The highest BCUT2D eigenvalue weighted by Gasteiger charge is 2.20. The number of nitrogens with one attached hydrogen (secondary N) is 2. The quantitative estimate of drug-likeness (QED) is 0.556. The third-order valence-corrected chi connectivity index (χ3v) is 5.92. The minimum Gasteiger partial charge on any atom is -0.497 e. The first-order valence-corrected chi connectivity index (χ1v) is 9.79. The van der Waals surface area contributed by atoms with Crippen molar-refractivity contribution in [2.24, 2.45) is 0 Å². The first-order chi connectivity index (χ1) is 14.4. The number of fused-ring (bicyclic) bond motifs is 1. The molecule has 0 aliphatic heterocycles. The van der Waals surface area contributed by atoms with Crippen molar-refractivity contribution in [2.75, 3.05) is 28.4 Å². The average molecular weight is 451 g/mol. The van der Waals surface area contributed by atoms with E-state index >= 15 is 0 Å². The van der Waals surface area contributed by atoms with E-state index in [9.17, 15) is 9.59 Å². The molecule has 0 saturated heterocycles. The van der Waals surface area contributed by atoms with Crippen LogP contribution in [-0.2, 0) is 0 Å². The summed E-state index contributed by atoms with van der Waals surface area (Å²) in [6.45, 7) is 0. The lowest BCUT2D eigenvalue weighted by atomic mass is 10.1. The zero-order valence-electron chi connectivity index (χ0n) is 16.6. The molecular weight excluding hydrogens is 432 g/mol. The fourth-order valence-corrected chi connectivity index (χ4v) is 4.21. The van der Waals surface area contributed by atoms with Crippen LogP contribution < -0.4 is 29.8 Å². The molecule has 0 radical (unpaired) electrons. The van der Waals surface area contributed by atoms with Gasteiger partial charge in [0.25, 0.3) is 11.8 Å². The zero-order valence-corrected chi connectivity index (χ0v) is 18.2. The number of hydrogen-bond acceptors (Lipinski definition) is 7. The van der Waals surface area contributed by atoms with E-state index in [0.29, 0.717) is 28.0 Å². The Labute approximate surface area is 181 Å². The van der Waals surface area contributed by atoms with E-state index in [4.69, 9.17) is 30.5 Å². The highest BCUT2D eigenvalue weighted by molar-refractivity contribution is 7.21. The Kier molecular flexibility index (Phi) is 6.53. The van der Waals surface area contributed by atoms with Gasteiger partial charge in [0.2, 0.25) is 5.75 Å². The first kappa shape index (κ1) is 21.5. The van der Waals surface area contributed by atoms with Gasteiger partial charge in [-0.1, -0.05) is 11.6 Å². The van der Waals surface area contributed by atoms with Crippen LogP contribution in [0.15, 0.2) is 30.3 Å². The van der Waals surface area contributed by atoms with E-state index in [0.717, 1.165) is 10.1 Å². The first-order valence-electron chi connectivity index (χ1n) is 8.60. The third kappa shape index (κ3) is 4.07. The minimum atomic E-state index is -0.568. The topological polar surface area (TPSA) is 95.1 Å². The van der Waals surface area contributed by atoms with E-state index in [1.54, 1.807) is 25.3 Å². The maximum Gasteiger partial charge on any atom is 0.281 e. The molecule has 158 valence electrons. The van der Waals surface area contributed by atoms with E-state index in [-0.39, 0.29) is 10.4 Å². The highest BCUT2D eigenvalue weighted by Crippen LogP contribution is 2.38. The molecule has 0 fully saturated rings. The summed E-state index contributed by atoms with van der Waals surface area (Å²) >= 11 is 7.54. The van der Waals surface area contributed by atoms with Gasteiger partial charge >= 0.3 is 0 Å². The predicted molar refractivity (Wildman–Crippen MR) is 114 cm³/mol. The molecule has 0 aliphatic carbocycles. The summed E-state index contributed by atoms with van der Waals surface area (Å²) in [4.78, 5) is 25.4. The van der Waals surface area contributed by atoms with Crippen LogP contribution in [0.5, 0.6) is 23.0 Å². The van der Waals surface area contributed by atoms with Gasteiger partial charge in [-0.3, -0.25) is 20.4 Å². The standard InChI is InChI=1S/C20H19ClN2O6S/c1-26-11-5-6-12-15(9-11)30-18(16(12)21)20(25)23-22-19(24)10-7-13(27-2)17(29-4)14(8-10)28-3/h5-9H,1-4H3,(H,22,24)(H,23,25). The molecule has 1 heterocycles. The number of rotatable bonds is 6. The average Bonchev–Trinajstić information content (AvgIpc) is 3.11. The fourth-order valence-electron chi connectivity index (χ4n) is 2.77. The molecule has 0 unspecified atom stereocenters. The molecule has 2 amide bonds. The predicted octanol–water partition coefficient (Wildman–Crippen LogP) is 3.66. The Morgan fingerprint density at radius 2 is 1.50 bits per heavy atom. The van der Waals surface area contributed by atoms with Gasteiger partial charge < -0.3 is 18.9 Å². The van der Waals surface area contributed by atoms with E-state index in [1.807, 2.05) is 0 Å². The van der Waals surface area contributed by atoms with Crippen molar-refractivity contribution >= 4 is 44.8 Å². The lowest BCUT2D eigenvalue weighted by Gasteiger charge is -2.14. The van der Waals surface area contributed by atoms with Crippen molar-refractivity contribution in [3.63, 3.8) is 0 Å². The summed E-state index contributed by atoms with van der Waals surface area (Å²) in [7, 11) is 5.91. The fraction of sp³-hybridized carbons (Fsp3) is 0.200. The van der Waals surface area contributed by atoms with Crippen LogP contribution >= 0.6 is 22.9 Å². The molecule has 0 atom stereocenters. The Bertz CT molecular complexity index is 1090. The molecule has 0 spiro atoms. The van der Waals surface area contributed by atoms with Crippen molar-refractivity contribution < 1.29 is 28.5 Å². The van der Waals surface area contributed by atoms with Gasteiger partial charge in [-0.25, -0.2) is 0 Å². The largest absolute Gasteiger partial charge is 0.497 e. The van der Waals surface area contributed by atoms with Crippen LogP contribution in [-0.4, -0.2) is 40.3 Å². The monoisotopic (exact) mass is 450 g/mol. The van der Waals surface area contributed by atoms with Gasteiger partial charge in [-0.2, -0.15) is 0 Å². The van der Waals surface area contributed by atoms with E-state index < -0.39 is 11.8 Å². The smallest absolute Gasteiger partial charge is 0.281 e. The number of carbonyl (C=O) groups excluding carboxylic acids is 2. The number of hydrogen-bond donors (Lipinski definition) is 2. The molecule has 10 heteroatoms. The summed E-state index contributed by atoms with van der Waals surface area (Å²) in [5, 5.41) is 1.03. The van der Waals surface area contributed by atoms with Gasteiger partial charge in [0, 0.05) is 15.6 Å². The van der Waals surface area contributed by atoms with Crippen LogP contribution in [0.1, 0.15) is 20.0 Å². The minimum absolute atomic E-state index is 0.206. The van der Waals surface area contributed by atoms with Crippen molar-refractivity contribution in [2.45, 2.75) is 0 Å². The van der Waals surface area contributed by atoms with Crippen LogP contribution in [0.3, 0.4) is 0 Å². The number of halogens is 1. The SMILES string of the molecule is COc1ccc2c(Cl)c(C(=O)NNC(=O)c3cc(OC)c(OC)c(OC)c3)sc2c1.